The van der Waals surface area contributed by atoms with E-state index in [-0.39, 0.29) is 58.3 Å². The summed E-state index contributed by atoms with van der Waals surface area (Å²) in [4.78, 5) is 69.0. The molecule has 2 aliphatic heterocycles. The number of aliphatic hydroxyl groups excluding tert-OH is 1. The molecule has 0 saturated carbocycles. The summed E-state index contributed by atoms with van der Waals surface area (Å²) in [5, 5.41) is 31.9. The van der Waals surface area contributed by atoms with Crippen LogP contribution in [0.3, 0.4) is 0 Å². The number of aryl methyl sites for hydroxylation is 1. The van der Waals surface area contributed by atoms with Crippen LogP contribution in [0.25, 0.3) is 16.5 Å². The van der Waals surface area contributed by atoms with E-state index in [1.807, 2.05) is 0 Å². The molecule has 3 heterocycles. The first-order valence-electron chi connectivity index (χ1n) is 13.1. The van der Waals surface area contributed by atoms with Crippen molar-refractivity contribution in [3.8, 4) is 17.2 Å². The number of benzene rings is 2. The Kier molecular flexibility index (Phi) is 4.99. The van der Waals surface area contributed by atoms with Crippen molar-refractivity contribution in [2.45, 2.75) is 44.4 Å². The molecule has 2 aliphatic carbocycles. The number of ether oxygens (including phenoxy) is 2. The van der Waals surface area contributed by atoms with E-state index in [9.17, 15) is 39.3 Å². The molecule has 3 N–H and O–H groups in total. The number of ketones is 2. The first-order chi connectivity index (χ1) is 19.9. The number of phenols is 2. The Morgan fingerprint density at radius 3 is 2.38 bits per heavy atom. The first-order valence-corrected chi connectivity index (χ1v) is 13.1. The second kappa shape index (κ2) is 8.07. The summed E-state index contributed by atoms with van der Waals surface area (Å²) in [7, 11) is 1.28. The lowest BCUT2D eigenvalue weighted by atomic mass is 9.73. The number of esters is 1. The number of Topliss-reactive ketones (excluding diaryl/α,β-unsaturated/α-hetero) is 2. The van der Waals surface area contributed by atoms with Crippen molar-refractivity contribution >= 4 is 40.0 Å². The standard InChI is InChI=1S/C30H23NO11/c1-29(10-32)28(39)42-30(2)9-12-8-11-4-5-13-18(16(11)23(35)17(12)27(38)31(29)30)24(36)20-25(37)19-14(41-26(20)21(13)33)6-7-15(40-3)22(19)34/h6-8,32,34-35H,4-5,9-10H2,1-3H3/t29-,30+/m0/s1. The Hall–Kier alpha value is -4.97. The monoisotopic (exact) mass is 573 g/mol. The Morgan fingerprint density at radius 2 is 1.69 bits per heavy atom. The maximum Gasteiger partial charge on any atom is 0.336 e. The number of fused-ring (bicyclic) bond motifs is 6. The molecule has 12 heteroatoms. The van der Waals surface area contributed by atoms with E-state index >= 15 is 0 Å². The van der Waals surface area contributed by atoms with Crippen LogP contribution in [0.15, 0.2) is 33.0 Å². The minimum Gasteiger partial charge on any atom is -0.506 e. The number of rotatable bonds is 2. The molecule has 0 unspecified atom stereocenters. The average Bonchev–Trinajstić information content (AvgIpc) is 3.15. The molecule has 12 nitrogen and oxygen atoms in total. The van der Waals surface area contributed by atoms with Crippen LogP contribution in [0.1, 0.15) is 68.2 Å². The summed E-state index contributed by atoms with van der Waals surface area (Å²) in [6, 6.07) is 4.33. The Labute approximate surface area is 236 Å². The van der Waals surface area contributed by atoms with E-state index in [0.717, 1.165) is 4.90 Å². The van der Waals surface area contributed by atoms with Gasteiger partial charge in [0, 0.05) is 23.1 Å². The highest BCUT2D eigenvalue weighted by Gasteiger charge is 2.63. The molecule has 0 bridgehead atoms. The van der Waals surface area contributed by atoms with Crippen LogP contribution in [0, 0.1) is 0 Å². The largest absolute Gasteiger partial charge is 0.506 e. The molecular formula is C30H23NO11. The number of methoxy groups -OCH3 is 1. The van der Waals surface area contributed by atoms with Gasteiger partial charge in [-0.1, -0.05) is 6.07 Å². The molecular weight excluding hydrogens is 550 g/mol. The third kappa shape index (κ3) is 2.91. The first kappa shape index (κ1) is 26.0. The highest BCUT2D eigenvalue weighted by Crippen LogP contribution is 2.50. The zero-order valence-corrected chi connectivity index (χ0v) is 22.6. The predicted molar refractivity (Wildman–Crippen MR) is 143 cm³/mol. The highest BCUT2D eigenvalue weighted by atomic mass is 16.6. The Morgan fingerprint density at radius 1 is 0.952 bits per heavy atom. The fourth-order valence-corrected chi connectivity index (χ4v) is 6.81. The van der Waals surface area contributed by atoms with Crippen molar-refractivity contribution in [2.24, 2.45) is 0 Å². The van der Waals surface area contributed by atoms with Crippen LogP contribution in [0.4, 0.5) is 0 Å². The quantitative estimate of drug-likeness (QED) is 0.382. The van der Waals surface area contributed by atoms with Crippen molar-refractivity contribution in [1.29, 1.82) is 0 Å². The molecule has 1 aromatic heterocycles. The summed E-state index contributed by atoms with van der Waals surface area (Å²) in [5.41, 5.74) is -4.45. The minimum absolute atomic E-state index is 0.00848. The molecule has 3 aromatic rings. The highest BCUT2D eigenvalue weighted by molar-refractivity contribution is 6.41. The number of carbonyl (C=O) groups is 4. The van der Waals surface area contributed by atoms with E-state index in [2.05, 4.69) is 0 Å². The normalized spacial score (nSPS) is 24.2. The topological polar surface area (TPSA) is 181 Å². The van der Waals surface area contributed by atoms with Crippen molar-refractivity contribution in [1.82, 2.24) is 4.90 Å². The Bertz CT molecular complexity index is 1970. The van der Waals surface area contributed by atoms with Gasteiger partial charge >= 0.3 is 5.97 Å². The zero-order chi connectivity index (χ0) is 30.0. The summed E-state index contributed by atoms with van der Waals surface area (Å²) in [6.07, 6.45) is 0.325. The lowest BCUT2D eigenvalue weighted by molar-refractivity contribution is -0.151. The van der Waals surface area contributed by atoms with Crippen LogP contribution >= 0.6 is 0 Å². The molecule has 1 fully saturated rings. The Balaban J connectivity index is 1.45. The summed E-state index contributed by atoms with van der Waals surface area (Å²) in [5.74, 6) is -4.88. The van der Waals surface area contributed by atoms with Gasteiger partial charge in [-0.3, -0.25) is 24.1 Å². The van der Waals surface area contributed by atoms with E-state index in [1.165, 1.54) is 33.1 Å². The number of nitrogens with zero attached hydrogens (tertiary/aromatic N) is 1. The number of carbonyl (C=O) groups excluding carboxylic acids is 4. The fourth-order valence-electron chi connectivity index (χ4n) is 6.81. The van der Waals surface area contributed by atoms with Crippen LogP contribution in [-0.2, 0) is 22.4 Å². The van der Waals surface area contributed by atoms with Crippen LogP contribution in [-0.4, -0.2) is 68.6 Å². The number of aromatic hydroxyl groups is 2. The van der Waals surface area contributed by atoms with Gasteiger partial charge in [-0.05, 0) is 49.9 Å². The van der Waals surface area contributed by atoms with Crippen LogP contribution in [0.5, 0.6) is 17.2 Å². The van der Waals surface area contributed by atoms with Gasteiger partial charge in [-0.25, -0.2) is 4.79 Å². The van der Waals surface area contributed by atoms with E-state index in [1.54, 1.807) is 6.07 Å². The van der Waals surface area contributed by atoms with E-state index < -0.39 is 69.6 Å². The van der Waals surface area contributed by atoms with Crippen LogP contribution < -0.4 is 10.2 Å². The molecule has 1 saturated heterocycles. The predicted octanol–water partition coefficient (Wildman–Crippen LogP) is 2.01. The molecule has 4 aliphatic rings. The summed E-state index contributed by atoms with van der Waals surface area (Å²) >= 11 is 0. The smallest absolute Gasteiger partial charge is 0.336 e. The zero-order valence-electron chi connectivity index (χ0n) is 22.6. The molecule has 42 heavy (non-hydrogen) atoms. The maximum absolute atomic E-state index is 14.0. The number of allylic oxidation sites excluding steroid dienone is 2. The van der Waals surface area contributed by atoms with Gasteiger partial charge in [-0.15, -0.1) is 0 Å². The number of aliphatic hydroxyl groups is 1. The van der Waals surface area contributed by atoms with Gasteiger partial charge in [0.05, 0.1) is 19.3 Å². The third-order valence-electron chi connectivity index (χ3n) is 8.77. The van der Waals surface area contributed by atoms with Crippen molar-refractivity contribution in [2.75, 3.05) is 13.7 Å². The fraction of sp³-hybridized carbons (Fsp3) is 0.300. The lowest BCUT2D eigenvalue weighted by Gasteiger charge is -2.43. The SMILES string of the molecule is COc1ccc2oc3c(c(=O)c2c1O)C(=O)C1=C(CCc2cc4c(c(O)c21)C(=O)N1[C@@](C)(C4)OC(=O)[C@]1(C)CO)C3=O. The second-order valence-electron chi connectivity index (χ2n) is 11.2. The molecule has 214 valence electrons. The molecule has 2 aromatic carbocycles. The van der Waals surface area contributed by atoms with Gasteiger partial charge in [0.15, 0.2) is 28.5 Å². The average molecular weight is 574 g/mol. The van der Waals surface area contributed by atoms with E-state index in [4.69, 9.17) is 13.9 Å². The minimum atomic E-state index is -1.71. The van der Waals surface area contributed by atoms with Gasteiger partial charge < -0.3 is 29.2 Å². The maximum atomic E-state index is 14.0. The van der Waals surface area contributed by atoms with Gasteiger partial charge in [0.2, 0.25) is 17.0 Å². The number of phenolic OH excluding ortho intramolecular Hbond substituents is 2. The third-order valence-corrected chi connectivity index (χ3v) is 8.77. The van der Waals surface area contributed by atoms with Crippen molar-refractivity contribution < 1.29 is 48.4 Å². The number of hydrogen-bond donors (Lipinski definition) is 3. The van der Waals surface area contributed by atoms with E-state index in [0.29, 0.717) is 11.1 Å². The van der Waals surface area contributed by atoms with Gasteiger partial charge in [-0.2, -0.15) is 0 Å². The number of hydrogen-bond acceptors (Lipinski definition) is 11. The summed E-state index contributed by atoms with van der Waals surface area (Å²) < 4.78 is 16.3. The molecule has 1 amide bonds. The van der Waals surface area contributed by atoms with Crippen molar-refractivity contribution in [3.63, 3.8) is 0 Å². The molecule has 0 spiro atoms. The molecule has 0 radical (unpaired) electrons. The van der Waals surface area contributed by atoms with Crippen molar-refractivity contribution in [3.05, 3.63) is 67.6 Å². The molecule has 2 atom stereocenters. The molecule has 7 rings (SSSR count). The second-order valence-corrected chi connectivity index (χ2v) is 11.2. The number of amides is 1. The summed E-state index contributed by atoms with van der Waals surface area (Å²) in [6.45, 7) is 2.17. The van der Waals surface area contributed by atoms with Gasteiger partial charge in [0.1, 0.15) is 22.3 Å². The van der Waals surface area contributed by atoms with Crippen LogP contribution in [0.2, 0.25) is 0 Å². The van der Waals surface area contributed by atoms with Gasteiger partial charge in [0.25, 0.3) is 5.91 Å². The lowest BCUT2D eigenvalue weighted by Crippen LogP contribution is -2.60.